The van der Waals surface area contributed by atoms with Gasteiger partial charge in [-0.1, -0.05) is 23.7 Å². The van der Waals surface area contributed by atoms with E-state index in [2.05, 4.69) is 17.4 Å². The summed E-state index contributed by atoms with van der Waals surface area (Å²) in [7, 11) is 0. The number of hydrogen-bond acceptors (Lipinski definition) is 2. The molecule has 0 spiro atoms. The first kappa shape index (κ1) is 13.9. The van der Waals surface area contributed by atoms with Crippen LogP contribution in [-0.4, -0.2) is 25.8 Å². The molecule has 1 aromatic carbocycles. The molecule has 0 aliphatic carbocycles. The van der Waals surface area contributed by atoms with Crippen LogP contribution < -0.4 is 5.32 Å². The molecule has 2 nitrogen and oxygen atoms in total. The van der Waals surface area contributed by atoms with Gasteiger partial charge in [0.05, 0.1) is 6.10 Å². The van der Waals surface area contributed by atoms with Crippen LogP contribution in [0, 0.1) is 0 Å². The van der Waals surface area contributed by atoms with Crippen LogP contribution in [0.5, 0.6) is 0 Å². The van der Waals surface area contributed by atoms with E-state index < -0.39 is 0 Å². The zero-order valence-electron chi connectivity index (χ0n) is 10.8. The lowest BCUT2D eigenvalue weighted by molar-refractivity contribution is 0.102. The quantitative estimate of drug-likeness (QED) is 0.765. The maximum absolute atomic E-state index is 5.85. The molecule has 0 aromatic heterocycles. The van der Waals surface area contributed by atoms with E-state index in [0.717, 1.165) is 31.1 Å². The second kappa shape index (κ2) is 7.78. The lowest BCUT2D eigenvalue weighted by Gasteiger charge is -2.09. The second-order valence-corrected chi connectivity index (χ2v) is 5.34. The Morgan fingerprint density at radius 2 is 2.06 bits per heavy atom. The van der Waals surface area contributed by atoms with E-state index in [-0.39, 0.29) is 0 Å². The third-order valence-electron chi connectivity index (χ3n) is 3.41. The smallest absolute Gasteiger partial charge is 0.0576 e. The predicted molar refractivity (Wildman–Crippen MR) is 76.2 cm³/mol. The number of hydrogen-bond donors (Lipinski definition) is 1. The molecule has 1 saturated heterocycles. The van der Waals surface area contributed by atoms with Crippen LogP contribution >= 0.6 is 11.6 Å². The van der Waals surface area contributed by atoms with Gasteiger partial charge in [0.15, 0.2) is 0 Å². The third kappa shape index (κ3) is 4.97. The summed E-state index contributed by atoms with van der Waals surface area (Å²) in [6, 6.07) is 8.09. The summed E-state index contributed by atoms with van der Waals surface area (Å²) in [5.41, 5.74) is 1.34. The largest absolute Gasteiger partial charge is 0.378 e. The fraction of sp³-hybridized carbons (Fsp3) is 0.600. The third-order valence-corrected chi connectivity index (χ3v) is 3.66. The molecule has 100 valence electrons. The highest BCUT2D eigenvalue weighted by molar-refractivity contribution is 6.30. The normalized spacial score (nSPS) is 19.3. The highest BCUT2D eigenvalue weighted by Gasteiger charge is 2.14. The molecule has 0 bridgehead atoms. The summed E-state index contributed by atoms with van der Waals surface area (Å²) >= 11 is 5.85. The van der Waals surface area contributed by atoms with Crippen molar-refractivity contribution in [2.24, 2.45) is 0 Å². The highest BCUT2D eigenvalue weighted by Crippen LogP contribution is 2.16. The summed E-state index contributed by atoms with van der Waals surface area (Å²) in [5, 5.41) is 4.29. The van der Waals surface area contributed by atoms with Gasteiger partial charge in [-0.2, -0.15) is 0 Å². The van der Waals surface area contributed by atoms with Gasteiger partial charge < -0.3 is 10.1 Å². The summed E-state index contributed by atoms with van der Waals surface area (Å²) in [6.45, 7) is 3.09. The van der Waals surface area contributed by atoms with Crippen LogP contribution in [0.15, 0.2) is 24.3 Å². The van der Waals surface area contributed by atoms with Gasteiger partial charge in [-0.3, -0.25) is 0 Å². The Morgan fingerprint density at radius 1 is 1.22 bits per heavy atom. The van der Waals surface area contributed by atoms with E-state index in [9.17, 15) is 0 Å². The van der Waals surface area contributed by atoms with E-state index in [1.807, 2.05) is 12.1 Å². The van der Waals surface area contributed by atoms with E-state index in [4.69, 9.17) is 16.3 Å². The minimum Gasteiger partial charge on any atom is -0.378 e. The minimum absolute atomic E-state index is 0.531. The molecule has 3 heteroatoms. The first-order chi connectivity index (χ1) is 8.84. The molecule has 1 aromatic rings. The molecule has 1 atom stereocenters. The average Bonchev–Trinajstić information content (AvgIpc) is 2.89. The van der Waals surface area contributed by atoms with E-state index in [1.165, 1.54) is 31.2 Å². The van der Waals surface area contributed by atoms with Crippen molar-refractivity contribution in [3.63, 3.8) is 0 Å². The molecule has 1 unspecified atom stereocenters. The van der Waals surface area contributed by atoms with Crippen molar-refractivity contribution in [1.82, 2.24) is 5.32 Å². The fourth-order valence-corrected chi connectivity index (χ4v) is 2.46. The molecule has 18 heavy (non-hydrogen) atoms. The number of halogens is 1. The molecule has 0 saturated carbocycles. The summed E-state index contributed by atoms with van der Waals surface area (Å²) in [5.74, 6) is 0. The molecular formula is C15H22ClNO. The Hall–Kier alpha value is -0.570. The topological polar surface area (TPSA) is 21.3 Å². The Labute approximate surface area is 115 Å². The SMILES string of the molecule is Clc1ccc(CCNCCCC2CCCO2)cc1. The first-order valence-corrected chi connectivity index (χ1v) is 7.29. The standard InChI is InChI=1S/C15H22ClNO/c16-14-7-5-13(6-8-14)9-11-17-10-1-3-15-4-2-12-18-15/h5-8,15,17H,1-4,9-12H2. The minimum atomic E-state index is 0.531. The molecule has 1 N–H and O–H groups in total. The molecular weight excluding hydrogens is 246 g/mol. The van der Waals surface area contributed by atoms with Gasteiger partial charge in [-0.05, 0) is 62.9 Å². The van der Waals surface area contributed by atoms with Gasteiger partial charge in [-0.25, -0.2) is 0 Å². The summed E-state index contributed by atoms with van der Waals surface area (Å²) < 4.78 is 5.60. The van der Waals surface area contributed by atoms with Gasteiger partial charge >= 0.3 is 0 Å². The van der Waals surface area contributed by atoms with Crippen molar-refractivity contribution in [2.45, 2.75) is 38.2 Å². The number of nitrogens with one attached hydrogen (secondary N) is 1. The predicted octanol–water partition coefficient (Wildman–Crippen LogP) is 3.43. The molecule has 1 aliphatic heterocycles. The van der Waals surface area contributed by atoms with Crippen molar-refractivity contribution in [3.05, 3.63) is 34.9 Å². The first-order valence-electron chi connectivity index (χ1n) is 6.91. The fourth-order valence-electron chi connectivity index (χ4n) is 2.34. The highest BCUT2D eigenvalue weighted by atomic mass is 35.5. The number of rotatable bonds is 7. The molecule has 0 radical (unpaired) electrons. The number of ether oxygens (including phenoxy) is 1. The molecule has 1 heterocycles. The molecule has 2 rings (SSSR count). The van der Waals surface area contributed by atoms with E-state index in [1.54, 1.807) is 0 Å². The zero-order valence-corrected chi connectivity index (χ0v) is 11.6. The van der Waals surface area contributed by atoms with Gasteiger partial charge in [0.25, 0.3) is 0 Å². The summed E-state index contributed by atoms with van der Waals surface area (Å²) in [6.07, 6.45) is 6.51. The molecule has 1 aliphatic rings. The Balaban J connectivity index is 1.49. The van der Waals surface area contributed by atoms with Crippen LogP contribution in [0.1, 0.15) is 31.2 Å². The van der Waals surface area contributed by atoms with Crippen LogP contribution in [-0.2, 0) is 11.2 Å². The van der Waals surface area contributed by atoms with Gasteiger partial charge in [0, 0.05) is 11.6 Å². The van der Waals surface area contributed by atoms with Gasteiger partial charge in [0.2, 0.25) is 0 Å². The maximum atomic E-state index is 5.85. The lowest BCUT2D eigenvalue weighted by atomic mass is 10.1. The van der Waals surface area contributed by atoms with Crippen LogP contribution in [0.2, 0.25) is 5.02 Å². The lowest BCUT2D eigenvalue weighted by Crippen LogP contribution is -2.19. The van der Waals surface area contributed by atoms with E-state index >= 15 is 0 Å². The van der Waals surface area contributed by atoms with Gasteiger partial charge in [-0.15, -0.1) is 0 Å². The monoisotopic (exact) mass is 267 g/mol. The van der Waals surface area contributed by atoms with Crippen molar-refractivity contribution in [2.75, 3.05) is 19.7 Å². The Bertz CT molecular complexity index is 333. The van der Waals surface area contributed by atoms with Crippen molar-refractivity contribution >= 4 is 11.6 Å². The number of benzene rings is 1. The Kier molecular flexibility index (Phi) is 5.98. The van der Waals surface area contributed by atoms with Gasteiger partial charge in [0.1, 0.15) is 0 Å². The zero-order chi connectivity index (χ0) is 12.6. The van der Waals surface area contributed by atoms with Crippen molar-refractivity contribution in [3.8, 4) is 0 Å². The molecule has 0 amide bonds. The molecule has 1 fully saturated rings. The van der Waals surface area contributed by atoms with Crippen LogP contribution in [0.3, 0.4) is 0 Å². The van der Waals surface area contributed by atoms with Crippen LogP contribution in [0.25, 0.3) is 0 Å². The summed E-state index contributed by atoms with van der Waals surface area (Å²) in [4.78, 5) is 0. The Morgan fingerprint density at radius 3 is 2.78 bits per heavy atom. The van der Waals surface area contributed by atoms with Crippen molar-refractivity contribution < 1.29 is 4.74 Å². The van der Waals surface area contributed by atoms with Crippen LogP contribution in [0.4, 0.5) is 0 Å². The van der Waals surface area contributed by atoms with E-state index in [0.29, 0.717) is 6.10 Å². The second-order valence-electron chi connectivity index (χ2n) is 4.90. The average molecular weight is 268 g/mol. The van der Waals surface area contributed by atoms with Crippen molar-refractivity contribution in [1.29, 1.82) is 0 Å². The maximum Gasteiger partial charge on any atom is 0.0576 e.